The summed E-state index contributed by atoms with van der Waals surface area (Å²) in [6.45, 7) is 10.3. The highest BCUT2D eigenvalue weighted by atomic mass is 16.7. The molecule has 100 valence electrons. The minimum Gasteiger partial charge on any atom is -0.375 e. The first-order chi connectivity index (χ1) is 7.96. The summed E-state index contributed by atoms with van der Waals surface area (Å²) in [7, 11) is 0. The first kappa shape index (κ1) is 13.3. The predicted octanol–water partition coefficient (Wildman–Crippen LogP) is 3.12. The van der Waals surface area contributed by atoms with Gasteiger partial charge >= 0.3 is 0 Å². The molecule has 2 fully saturated rings. The molecule has 0 radical (unpaired) electrons. The van der Waals surface area contributed by atoms with E-state index >= 15 is 0 Å². The van der Waals surface area contributed by atoms with E-state index in [1.54, 1.807) is 0 Å². The number of rotatable bonds is 3. The Morgan fingerprint density at radius 2 is 1.47 bits per heavy atom. The van der Waals surface area contributed by atoms with Crippen LogP contribution in [0.1, 0.15) is 53.4 Å². The fourth-order valence-electron chi connectivity index (χ4n) is 2.97. The maximum absolute atomic E-state index is 5.96. The zero-order chi connectivity index (χ0) is 12.5. The third-order valence-electron chi connectivity index (χ3n) is 4.43. The van der Waals surface area contributed by atoms with Crippen LogP contribution in [-0.2, 0) is 14.2 Å². The van der Waals surface area contributed by atoms with Crippen molar-refractivity contribution in [2.75, 3.05) is 13.2 Å². The minimum atomic E-state index is -0.253. The van der Waals surface area contributed by atoms with E-state index in [9.17, 15) is 0 Å². The van der Waals surface area contributed by atoms with Gasteiger partial charge in [-0.1, -0.05) is 6.92 Å². The monoisotopic (exact) mass is 242 g/mol. The second-order valence-corrected chi connectivity index (χ2v) is 6.09. The number of hydrogen-bond acceptors (Lipinski definition) is 3. The second-order valence-electron chi connectivity index (χ2n) is 6.09. The average Bonchev–Trinajstić information content (AvgIpc) is 2.71. The fourth-order valence-corrected chi connectivity index (χ4v) is 2.97. The van der Waals surface area contributed by atoms with E-state index in [1.165, 1.54) is 0 Å². The molecule has 1 atom stereocenters. The zero-order valence-electron chi connectivity index (χ0n) is 11.6. The SMILES string of the molecule is CC(C)OC(C)C1(C)CCC2(CC1)OCCO2. The average molecular weight is 242 g/mol. The Kier molecular flexibility index (Phi) is 3.81. The lowest BCUT2D eigenvalue weighted by Gasteiger charge is -2.45. The van der Waals surface area contributed by atoms with Crippen LogP contribution in [0.4, 0.5) is 0 Å². The highest BCUT2D eigenvalue weighted by Crippen LogP contribution is 2.47. The van der Waals surface area contributed by atoms with E-state index in [0.717, 1.165) is 38.9 Å². The molecule has 2 aliphatic rings. The van der Waals surface area contributed by atoms with Crippen LogP contribution in [0.3, 0.4) is 0 Å². The maximum atomic E-state index is 5.96. The summed E-state index contributed by atoms with van der Waals surface area (Å²) in [6, 6.07) is 0. The third-order valence-corrected chi connectivity index (χ3v) is 4.43. The van der Waals surface area contributed by atoms with E-state index in [4.69, 9.17) is 14.2 Å². The van der Waals surface area contributed by atoms with Gasteiger partial charge < -0.3 is 14.2 Å². The molecule has 1 unspecified atom stereocenters. The van der Waals surface area contributed by atoms with Gasteiger partial charge in [0.05, 0.1) is 25.4 Å². The molecule has 0 aromatic heterocycles. The van der Waals surface area contributed by atoms with Crippen molar-refractivity contribution in [3.05, 3.63) is 0 Å². The lowest BCUT2D eigenvalue weighted by Crippen LogP contribution is -2.44. The van der Waals surface area contributed by atoms with Gasteiger partial charge in [0.15, 0.2) is 5.79 Å². The Balaban J connectivity index is 1.92. The van der Waals surface area contributed by atoms with Gasteiger partial charge in [-0.3, -0.25) is 0 Å². The first-order valence-corrected chi connectivity index (χ1v) is 6.89. The van der Waals surface area contributed by atoms with Crippen LogP contribution in [0.25, 0.3) is 0 Å². The van der Waals surface area contributed by atoms with Crippen molar-refractivity contribution in [1.82, 2.24) is 0 Å². The molecule has 0 amide bonds. The molecular formula is C14H26O3. The molecule has 17 heavy (non-hydrogen) atoms. The van der Waals surface area contributed by atoms with E-state index in [2.05, 4.69) is 27.7 Å². The molecule has 1 saturated carbocycles. The summed E-state index contributed by atoms with van der Waals surface area (Å²) in [5, 5.41) is 0. The fraction of sp³-hybridized carbons (Fsp3) is 1.00. The standard InChI is InChI=1S/C14H26O3/c1-11(2)17-12(3)13(4)5-7-14(8-6-13)15-9-10-16-14/h11-12H,5-10H2,1-4H3. The van der Waals surface area contributed by atoms with Gasteiger partial charge in [0, 0.05) is 12.8 Å². The molecule has 0 N–H and O–H groups in total. The molecule has 0 bridgehead atoms. The lowest BCUT2D eigenvalue weighted by atomic mass is 9.70. The number of ether oxygens (including phenoxy) is 3. The van der Waals surface area contributed by atoms with Crippen LogP contribution in [-0.4, -0.2) is 31.2 Å². The summed E-state index contributed by atoms with van der Waals surface area (Å²) in [5.74, 6) is -0.253. The molecule has 1 aliphatic heterocycles. The summed E-state index contributed by atoms with van der Waals surface area (Å²) in [6.07, 6.45) is 4.88. The quantitative estimate of drug-likeness (QED) is 0.761. The van der Waals surface area contributed by atoms with Gasteiger partial charge in [-0.05, 0) is 39.0 Å². The summed E-state index contributed by atoms with van der Waals surface area (Å²) < 4.78 is 17.5. The molecule has 0 aromatic rings. The van der Waals surface area contributed by atoms with Crippen molar-refractivity contribution in [3.63, 3.8) is 0 Å². The van der Waals surface area contributed by atoms with Crippen LogP contribution in [0.15, 0.2) is 0 Å². The maximum Gasteiger partial charge on any atom is 0.168 e. The smallest absolute Gasteiger partial charge is 0.168 e. The molecule has 3 nitrogen and oxygen atoms in total. The lowest BCUT2D eigenvalue weighted by molar-refractivity contribution is -0.202. The van der Waals surface area contributed by atoms with E-state index < -0.39 is 0 Å². The Labute approximate surface area is 105 Å². The topological polar surface area (TPSA) is 27.7 Å². The molecule has 2 rings (SSSR count). The Morgan fingerprint density at radius 3 is 1.94 bits per heavy atom. The van der Waals surface area contributed by atoms with Gasteiger partial charge in [0.25, 0.3) is 0 Å². The van der Waals surface area contributed by atoms with Crippen LogP contribution in [0.2, 0.25) is 0 Å². The highest BCUT2D eigenvalue weighted by Gasteiger charge is 2.46. The van der Waals surface area contributed by atoms with Gasteiger partial charge in [0.1, 0.15) is 0 Å². The summed E-state index contributed by atoms with van der Waals surface area (Å²) in [4.78, 5) is 0. The van der Waals surface area contributed by atoms with Crippen molar-refractivity contribution >= 4 is 0 Å². The van der Waals surface area contributed by atoms with Crippen LogP contribution in [0.5, 0.6) is 0 Å². The predicted molar refractivity (Wildman–Crippen MR) is 66.9 cm³/mol. The second kappa shape index (κ2) is 4.87. The van der Waals surface area contributed by atoms with Crippen LogP contribution >= 0.6 is 0 Å². The van der Waals surface area contributed by atoms with E-state index in [-0.39, 0.29) is 11.2 Å². The van der Waals surface area contributed by atoms with Crippen LogP contribution in [0, 0.1) is 5.41 Å². The van der Waals surface area contributed by atoms with Crippen molar-refractivity contribution in [2.24, 2.45) is 5.41 Å². The molecule has 1 heterocycles. The summed E-state index contributed by atoms with van der Waals surface area (Å²) in [5.41, 5.74) is 0.269. The first-order valence-electron chi connectivity index (χ1n) is 6.89. The summed E-state index contributed by atoms with van der Waals surface area (Å²) >= 11 is 0. The normalized spacial score (nSPS) is 28.8. The van der Waals surface area contributed by atoms with E-state index in [1.807, 2.05) is 0 Å². The minimum absolute atomic E-state index is 0.253. The molecule has 0 aromatic carbocycles. The molecular weight excluding hydrogens is 216 g/mol. The molecule has 1 saturated heterocycles. The van der Waals surface area contributed by atoms with Crippen molar-refractivity contribution in [3.8, 4) is 0 Å². The third kappa shape index (κ3) is 2.83. The zero-order valence-corrected chi connectivity index (χ0v) is 11.6. The van der Waals surface area contributed by atoms with Crippen LogP contribution < -0.4 is 0 Å². The van der Waals surface area contributed by atoms with Crippen molar-refractivity contribution in [1.29, 1.82) is 0 Å². The van der Waals surface area contributed by atoms with Gasteiger partial charge in [0.2, 0.25) is 0 Å². The molecule has 3 heteroatoms. The Bertz CT molecular complexity index is 246. The Morgan fingerprint density at radius 1 is 0.941 bits per heavy atom. The highest BCUT2D eigenvalue weighted by molar-refractivity contribution is 4.92. The van der Waals surface area contributed by atoms with Crippen molar-refractivity contribution in [2.45, 2.75) is 71.4 Å². The van der Waals surface area contributed by atoms with Gasteiger partial charge in [-0.2, -0.15) is 0 Å². The van der Waals surface area contributed by atoms with Gasteiger partial charge in [-0.25, -0.2) is 0 Å². The van der Waals surface area contributed by atoms with Crippen molar-refractivity contribution < 1.29 is 14.2 Å². The molecule has 1 aliphatic carbocycles. The largest absolute Gasteiger partial charge is 0.375 e. The van der Waals surface area contributed by atoms with Gasteiger partial charge in [-0.15, -0.1) is 0 Å². The number of hydrogen-bond donors (Lipinski definition) is 0. The molecule has 1 spiro atoms. The van der Waals surface area contributed by atoms with E-state index in [0.29, 0.717) is 12.2 Å². The Hall–Kier alpha value is -0.120.